The number of rotatable bonds is 5. The summed E-state index contributed by atoms with van der Waals surface area (Å²) in [7, 11) is 0. The molecule has 4 rings (SSSR count). The number of amides is 2. The molecule has 2 amide bonds. The molecule has 2 aromatic rings. The van der Waals surface area contributed by atoms with Gasteiger partial charge in [0.15, 0.2) is 11.5 Å². The van der Waals surface area contributed by atoms with E-state index in [4.69, 9.17) is 9.47 Å². The lowest BCUT2D eigenvalue weighted by Crippen LogP contribution is -2.35. The first-order valence-electron chi connectivity index (χ1n) is 9.10. The summed E-state index contributed by atoms with van der Waals surface area (Å²) in [5.74, 6) is 1.11. The van der Waals surface area contributed by atoms with Gasteiger partial charge in [-0.2, -0.15) is 0 Å². The third-order valence-corrected chi connectivity index (χ3v) is 5.08. The van der Waals surface area contributed by atoms with Crippen molar-refractivity contribution in [2.24, 2.45) is 5.41 Å². The molecule has 1 heterocycles. The second kappa shape index (κ2) is 6.61. The number of hydrogen-bond donors (Lipinski definition) is 2. The smallest absolute Gasteiger partial charge is 0.240 e. The molecule has 0 bridgehead atoms. The highest BCUT2D eigenvalue weighted by atomic mass is 16.7. The largest absolute Gasteiger partial charge is 0.454 e. The molecule has 1 fully saturated rings. The van der Waals surface area contributed by atoms with Crippen LogP contribution in [0.5, 0.6) is 11.5 Å². The van der Waals surface area contributed by atoms with Gasteiger partial charge in [0.05, 0.1) is 0 Å². The van der Waals surface area contributed by atoms with Crippen LogP contribution in [-0.2, 0) is 9.59 Å². The van der Waals surface area contributed by atoms with Gasteiger partial charge in [0.1, 0.15) is 5.41 Å². The Hall–Kier alpha value is -3.02. The van der Waals surface area contributed by atoms with Crippen molar-refractivity contribution in [3.8, 4) is 11.5 Å². The van der Waals surface area contributed by atoms with Gasteiger partial charge < -0.3 is 20.1 Å². The standard InChI is InChI=1S/C21H22N2O4/c1-13(2)14-3-5-15(6-4-14)22-19(24)21(9-10-21)20(25)23-16-7-8-17-18(11-16)27-12-26-17/h3-8,11,13H,9-10,12H2,1-2H3,(H,22,24)(H,23,25). The van der Waals surface area contributed by atoms with Gasteiger partial charge in [-0.3, -0.25) is 9.59 Å². The van der Waals surface area contributed by atoms with Crippen LogP contribution in [0.25, 0.3) is 0 Å². The summed E-state index contributed by atoms with van der Waals surface area (Å²) in [5.41, 5.74) is 1.48. The molecule has 0 radical (unpaired) electrons. The van der Waals surface area contributed by atoms with E-state index in [1.54, 1.807) is 18.2 Å². The van der Waals surface area contributed by atoms with Crippen LogP contribution in [0.1, 0.15) is 38.2 Å². The Balaban J connectivity index is 1.43. The van der Waals surface area contributed by atoms with Gasteiger partial charge in [-0.1, -0.05) is 26.0 Å². The molecule has 0 atom stereocenters. The first-order valence-corrected chi connectivity index (χ1v) is 9.10. The Bertz CT molecular complexity index is 886. The van der Waals surface area contributed by atoms with Crippen LogP contribution in [0.4, 0.5) is 11.4 Å². The van der Waals surface area contributed by atoms with Crippen LogP contribution in [-0.4, -0.2) is 18.6 Å². The van der Waals surface area contributed by atoms with Gasteiger partial charge in [-0.25, -0.2) is 0 Å². The lowest BCUT2D eigenvalue weighted by molar-refractivity contribution is -0.131. The molecule has 2 N–H and O–H groups in total. The Kier molecular flexibility index (Phi) is 4.26. The number of fused-ring (bicyclic) bond motifs is 1. The maximum absolute atomic E-state index is 12.7. The third-order valence-electron chi connectivity index (χ3n) is 5.08. The van der Waals surface area contributed by atoms with Crippen molar-refractivity contribution in [3.63, 3.8) is 0 Å². The molecule has 2 aliphatic rings. The molecule has 27 heavy (non-hydrogen) atoms. The number of benzene rings is 2. The molecule has 1 aliphatic heterocycles. The number of carbonyl (C=O) groups excluding carboxylic acids is 2. The monoisotopic (exact) mass is 366 g/mol. The summed E-state index contributed by atoms with van der Waals surface area (Å²) in [5, 5.41) is 5.70. The fourth-order valence-corrected chi connectivity index (χ4v) is 3.11. The molecular weight excluding hydrogens is 344 g/mol. The zero-order chi connectivity index (χ0) is 19.0. The Morgan fingerprint density at radius 2 is 1.48 bits per heavy atom. The molecule has 0 saturated heterocycles. The van der Waals surface area contributed by atoms with Crippen molar-refractivity contribution >= 4 is 23.2 Å². The van der Waals surface area contributed by atoms with E-state index in [0.717, 1.165) is 0 Å². The van der Waals surface area contributed by atoms with Crippen LogP contribution in [0, 0.1) is 5.41 Å². The number of ether oxygens (including phenoxy) is 2. The highest BCUT2D eigenvalue weighted by molar-refractivity contribution is 6.16. The minimum atomic E-state index is -1.01. The van der Waals surface area contributed by atoms with E-state index in [2.05, 4.69) is 24.5 Å². The molecule has 140 valence electrons. The lowest BCUT2D eigenvalue weighted by atomic mass is 10.0. The second-order valence-electron chi connectivity index (χ2n) is 7.34. The zero-order valence-corrected chi connectivity index (χ0v) is 15.4. The fourth-order valence-electron chi connectivity index (χ4n) is 3.11. The highest BCUT2D eigenvalue weighted by Crippen LogP contribution is 2.48. The summed E-state index contributed by atoms with van der Waals surface area (Å²) >= 11 is 0. The van der Waals surface area contributed by atoms with Crippen molar-refractivity contribution in [2.75, 3.05) is 17.4 Å². The molecule has 1 saturated carbocycles. The van der Waals surface area contributed by atoms with Crippen LogP contribution in [0.2, 0.25) is 0 Å². The van der Waals surface area contributed by atoms with E-state index < -0.39 is 5.41 Å². The topological polar surface area (TPSA) is 76.7 Å². The van der Waals surface area contributed by atoms with E-state index in [1.807, 2.05) is 24.3 Å². The first-order chi connectivity index (χ1) is 13.0. The average molecular weight is 366 g/mol. The predicted molar refractivity (Wildman–Crippen MR) is 102 cm³/mol. The second-order valence-corrected chi connectivity index (χ2v) is 7.34. The number of hydrogen-bond acceptors (Lipinski definition) is 4. The molecular formula is C21H22N2O4. The molecule has 2 aromatic carbocycles. The summed E-state index contributed by atoms with van der Waals surface area (Å²) in [4.78, 5) is 25.4. The normalized spacial score (nSPS) is 16.1. The average Bonchev–Trinajstić information content (AvgIpc) is 3.35. The van der Waals surface area contributed by atoms with Gasteiger partial charge in [0.2, 0.25) is 18.6 Å². The molecule has 0 spiro atoms. The predicted octanol–water partition coefficient (Wildman–Crippen LogP) is 3.90. The Morgan fingerprint density at radius 1 is 0.889 bits per heavy atom. The van der Waals surface area contributed by atoms with Crippen molar-refractivity contribution in [1.29, 1.82) is 0 Å². The molecule has 6 heteroatoms. The molecule has 1 aliphatic carbocycles. The van der Waals surface area contributed by atoms with Crippen molar-refractivity contribution in [3.05, 3.63) is 48.0 Å². The number of anilines is 2. The zero-order valence-electron chi connectivity index (χ0n) is 15.4. The Labute approximate surface area is 157 Å². The molecule has 0 unspecified atom stereocenters. The van der Waals surface area contributed by atoms with E-state index in [-0.39, 0.29) is 18.6 Å². The van der Waals surface area contributed by atoms with Crippen LogP contribution >= 0.6 is 0 Å². The SMILES string of the molecule is CC(C)c1ccc(NC(=O)C2(C(=O)Nc3ccc4c(c3)OCO4)CC2)cc1. The summed E-state index contributed by atoms with van der Waals surface area (Å²) < 4.78 is 10.6. The van der Waals surface area contributed by atoms with Crippen LogP contribution in [0.3, 0.4) is 0 Å². The highest BCUT2D eigenvalue weighted by Gasteiger charge is 2.56. The van der Waals surface area contributed by atoms with Gasteiger partial charge in [-0.15, -0.1) is 0 Å². The van der Waals surface area contributed by atoms with Gasteiger partial charge in [-0.05, 0) is 48.6 Å². The van der Waals surface area contributed by atoms with Crippen LogP contribution in [0.15, 0.2) is 42.5 Å². The quantitative estimate of drug-likeness (QED) is 0.787. The van der Waals surface area contributed by atoms with E-state index in [9.17, 15) is 9.59 Å². The minimum absolute atomic E-state index is 0.175. The maximum atomic E-state index is 12.7. The molecule has 0 aromatic heterocycles. The number of nitrogens with one attached hydrogen (secondary N) is 2. The van der Waals surface area contributed by atoms with E-state index in [1.165, 1.54) is 5.56 Å². The van der Waals surface area contributed by atoms with Crippen molar-refractivity contribution in [2.45, 2.75) is 32.6 Å². The lowest BCUT2D eigenvalue weighted by Gasteiger charge is -2.16. The summed E-state index contributed by atoms with van der Waals surface area (Å²) in [6.07, 6.45) is 1.08. The first kappa shape index (κ1) is 17.4. The Morgan fingerprint density at radius 3 is 2.11 bits per heavy atom. The van der Waals surface area contributed by atoms with Gasteiger partial charge in [0.25, 0.3) is 0 Å². The fraction of sp³-hybridized carbons (Fsp3) is 0.333. The van der Waals surface area contributed by atoms with E-state index in [0.29, 0.717) is 41.6 Å². The summed E-state index contributed by atoms with van der Waals surface area (Å²) in [6.45, 7) is 4.41. The number of carbonyl (C=O) groups is 2. The van der Waals surface area contributed by atoms with Crippen molar-refractivity contribution in [1.82, 2.24) is 0 Å². The van der Waals surface area contributed by atoms with Gasteiger partial charge >= 0.3 is 0 Å². The maximum Gasteiger partial charge on any atom is 0.240 e. The van der Waals surface area contributed by atoms with Crippen LogP contribution < -0.4 is 20.1 Å². The molecule has 6 nitrogen and oxygen atoms in total. The van der Waals surface area contributed by atoms with E-state index >= 15 is 0 Å². The minimum Gasteiger partial charge on any atom is -0.454 e. The van der Waals surface area contributed by atoms with Crippen molar-refractivity contribution < 1.29 is 19.1 Å². The van der Waals surface area contributed by atoms with Gasteiger partial charge in [0, 0.05) is 17.4 Å². The summed E-state index contributed by atoms with van der Waals surface area (Å²) in [6, 6.07) is 12.9. The third kappa shape index (κ3) is 3.35.